The van der Waals surface area contributed by atoms with Crippen LogP contribution < -0.4 is 20.1 Å². The van der Waals surface area contributed by atoms with E-state index in [1.54, 1.807) is 54.3 Å². The van der Waals surface area contributed by atoms with Crippen LogP contribution in [0.3, 0.4) is 0 Å². The average molecular weight is 407 g/mol. The number of allylic oxidation sites excluding steroid dienone is 1. The number of rotatable bonds is 5. The molecule has 1 aliphatic rings. The number of aromatic hydroxyl groups is 1. The Bertz CT molecular complexity index is 1120. The zero-order valence-electron chi connectivity index (χ0n) is 16.7. The number of nitrogens with one attached hydrogen (secondary N) is 2. The van der Waals surface area contributed by atoms with E-state index in [0.717, 1.165) is 5.56 Å². The monoisotopic (exact) mass is 407 g/mol. The molecule has 0 aliphatic carbocycles. The summed E-state index contributed by atoms with van der Waals surface area (Å²) >= 11 is 0. The summed E-state index contributed by atoms with van der Waals surface area (Å²) in [5.41, 5.74) is 2.42. The number of fused-ring (bicyclic) bond motifs is 1. The van der Waals surface area contributed by atoms with Crippen molar-refractivity contribution >= 4 is 17.5 Å². The van der Waals surface area contributed by atoms with Gasteiger partial charge in [0.05, 0.1) is 25.5 Å². The summed E-state index contributed by atoms with van der Waals surface area (Å²) < 4.78 is 12.2. The van der Waals surface area contributed by atoms with E-state index in [0.29, 0.717) is 34.4 Å². The van der Waals surface area contributed by atoms with Crippen LogP contribution in [0.25, 0.3) is 0 Å². The predicted molar refractivity (Wildman–Crippen MR) is 111 cm³/mol. The molecule has 0 fully saturated rings. The van der Waals surface area contributed by atoms with Crippen molar-refractivity contribution in [1.29, 1.82) is 0 Å². The second-order valence-corrected chi connectivity index (χ2v) is 6.71. The molecule has 154 valence electrons. The number of carbonyl (C=O) groups excluding carboxylic acids is 1. The molecule has 4 rings (SSSR count). The van der Waals surface area contributed by atoms with Crippen LogP contribution >= 0.6 is 0 Å². The van der Waals surface area contributed by atoms with Crippen LogP contribution in [0.5, 0.6) is 17.2 Å². The summed E-state index contributed by atoms with van der Waals surface area (Å²) in [5, 5.41) is 20.0. The first-order valence-electron chi connectivity index (χ1n) is 9.21. The van der Waals surface area contributed by atoms with E-state index in [1.807, 2.05) is 6.92 Å². The lowest BCUT2D eigenvalue weighted by molar-refractivity contribution is -0.113. The van der Waals surface area contributed by atoms with Gasteiger partial charge in [-0.1, -0.05) is 12.1 Å². The third kappa shape index (κ3) is 3.41. The maximum Gasteiger partial charge on any atom is 0.255 e. The minimum absolute atomic E-state index is 0.140. The van der Waals surface area contributed by atoms with E-state index in [1.165, 1.54) is 13.4 Å². The molecule has 1 aromatic heterocycles. The Balaban J connectivity index is 1.74. The number of phenolic OH excluding ortho intramolecular Hbond substituents is 1. The molecular formula is C21H21N5O4. The fraction of sp³-hybridized carbons (Fsp3) is 0.190. The Morgan fingerprint density at radius 3 is 2.63 bits per heavy atom. The van der Waals surface area contributed by atoms with Gasteiger partial charge in [0, 0.05) is 11.8 Å². The van der Waals surface area contributed by atoms with E-state index in [-0.39, 0.29) is 11.7 Å². The van der Waals surface area contributed by atoms with Crippen molar-refractivity contribution in [2.75, 3.05) is 24.9 Å². The van der Waals surface area contributed by atoms with Gasteiger partial charge in [-0.15, -0.1) is 0 Å². The van der Waals surface area contributed by atoms with Gasteiger partial charge in [0.1, 0.15) is 29.6 Å². The van der Waals surface area contributed by atoms with Crippen molar-refractivity contribution in [3.8, 4) is 17.2 Å². The average Bonchev–Trinajstić information content (AvgIpc) is 3.21. The molecule has 3 aromatic rings. The first-order valence-corrected chi connectivity index (χ1v) is 9.21. The largest absolute Gasteiger partial charge is 0.508 e. The smallest absolute Gasteiger partial charge is 0.255 e. The summed E-state index contributed by atoms with van der Waals surface area (Å²) in [6, 6.07) is 11.3. The molecule has 2 heterocycles. The van der Waals surface area contributed by atoms with Crippen molar-refractivity contribution in [2.45, 2.75) is 13.0 Å². The van der Waals surface area contributed by atoms with Gasteiger partial charge in [0.25, 0.3) is 5.91 Å². The zero-order chi connectivity index (χ0) is 21.3. The number of anilines is 2. The van der Waals surface area contributed by atoms with Gasteiger partial charge in [-0.05, 0) is 36.8 Å². The molecule has 1 unspecified atom stereocenters. The number of hydrogen-bond donors (Lipinski definition) is 3. The number of phenols is 1. The van der Waals surface area contributed by atoms with Crippen molar-refractivity contribution < 1.29 is 19.4 Å². The molecule has 3 N–H and O–H groups in total. The van der Waals surface area contributed by atoms with Crippen LogP contribution in [-0.2, 0) is 4.79 Å². The molecule has 9 nitrogen and oxygen atoms in total. The van der Waals surface area contributed by atoms with E-state index in [4.69, 9.17) is 9.47 Å². The Hall–Kier alpha value is -4.01. The number of hydrogen-bond acceptors (Lipinski definition) is 7. The van der Waals surface area contributed by atoms with Crippen LogP contribution in [0.1, 0.15) is 18.5 Å². The second-order valence-electron chi connectivity index (χ2n) is 6.71. The molecule has 1 atom stereocenters. The highest BCUT2D eigenvalue weighted by Crippen LogP contribution is 2.37. The van der Waals surface area contributed by atoms with Crippen LogP contribution in [0.4, 0.5) is 11.6 Å². The third-order valence-electron chi connectivity index (χ3n) is 4.90. The number of benzene rings is 2. The third-order valence-corrected chi connectivity index (χ3v) is 4.90. The summed E-state index contributed by atoms with van der Waals surface area (Å²) in [6.07, 6.45) is 1.43. The van der Waals surface area contributed by atoms with Crippen LogP contribution in [0, 0.1) is 0 Å². The second kappa shape index (κ2) is 7.78. The maximum atomic E-state index is 13.4. The van der Waals surface area contributed by atoms with Gasteiger partial charge < -0.3 is 25.2 Å². The van der Waals surface area contributed by atoms with E-state index in [9.17, 15) is 9.90 Å². The zero-order valence-corrected chi connectivity index (χ0v) is 16.7. The molecule has 0 radical (unpaired) electrons. The molecule has 30 heavy (non-hydrogen) atoms. The summed E-state index contributed by atoms with van der Waals surface area (Å²) in [6.45, 7) is 1.81. The number of aromatic nitrogens is 3. The number of amides is 1. The van der Waals surface area contributed by atoms with E-state index >= 15 is 0 Å². The lowest BCUT2D eigenvalue weighted by atomic mass is 9.95. The Labute approximate surface area is 173 Å². The molecule has 0 spiro atoms. The standard InChI is InChI=1S/C21H21N5O4/c1-12-18(20(28)25-16-9-8-15(29-2)10-17(16)30-3)19(13-4-6-14(27)7-5-13)26-21(24-12)22-11-23-26/h4-11,19,27H,1-3H3,(H,25,28)(H,22,23,24). The van der Waals surface area contributed by atoms with Gasteiger partial charge in [0.15, 0.2) is 0 Å². The van der Waals surface area contributed by atoms with Gasteiger partial charge >= 0.3 is 0 Å². The number of carbonyl (C=O) groups is 1. The van der Waals surface area contributed by atoms with E-state index in [2.05, 4.69) is 20.7 Å². The normalized spacial score (nSPS) is 15.2. The number of ether oxygens (including phenoxy) is 2. The summed E-state index contributed by atoms with van der Waals surface area (Å²) in [5.74, 6) is 1.45. The highest BCUT2D eigenvalue weighted by molar-refractivity contribution is 6.06. The topological polar surface area (TPSA) is 111 Å². The lowest BCUT2D eigenvalue weighted by Gasteiger charge is -2.29. The van der Waals surface area contributed by atoms with Crippen molar-refractivity contribution in [1.82, 2.24) is 14.8 Å². The lowest BCUT2D eigenvalue weighted by Crippen LogP contribution is -2.31. The van der Waals surface area contributed by atoms with Gasteiger partial charge in [-0.25, -0.2) is 4.68 Å². The van der Waals surface area contributed by atoms with Crippen LogP contribution in [-0.4, -0.2) is 40.0 Å². The predicted octanol–water partition coefficient (Wildman–Crippen LogP) is 2.93. The van der Waals surface area contributed by atoms with Crippen molar-refractivity contribution in [3.63, 3.8) is 0 Å². The van der Waals surface area contributed by atoms with Crippen LogP contribution in [0.15, 0.2) is 60.1 Å². The Kier molecular flexibility index (Phi) is 5.01. The quantitative estimate of drug-likeness (QED) is 0.596. The van der Waals surface area contributed by atoms with Gasteiger partial charge in [0.2, 0.25) is 5.95 Å². The molecule has 9 heteroatoms. The molecule has 2 aromatic carbocycles. The Morgan fingerprint density at radius 1 is 1.17 bits per heavy atom. The highest BCUT2D eigenvalue weighted by Gasteiger charge is 2.33. The molecule has 0 saturated heterocycles. The van der Waals surface area contributed by atoms with Gasteiger partial charge in [-0.2, -0.15) is 10.1 Å². The van der Waals surface area contributed by atoms with Crippen LogP contribution in [0.2, 0.25) is 0 Å². The fourth-order valence-corrected chi connectivity index (χ4v) is 3.44. The molecular weight excluding hydrogens is 386 g/mol. The minimum atomic E-state index is -0.520. The molecule has 0 saturated carbocycles. The van der Waals surface area contributed by atoms with Gasteiger partial charge in [-0.3, -0.25) is 4.79 Å². The first-order chi connectivity index (χ1) is 14.5. The minimum Gasteiger partial charge on any atom is -0.508 e. The number of methoxy groups -OCH3 is 2. The SMILES string of the molecule is COc1ccc(NC(=O)C2=C(C)Nc3ncnn3C2c2ccc(O)cc2)c(OC)c1. The van der Waals surface area contributed by atoms with Crippen molar-refractivity contribution in [2.24, 2.45) is 0 Å². The molecule has 1 aliphatic heterocycles. The highest BCUT2D eigenvalue weighted by atomic mass is 16.5. The maximum absolute atomic E-state index is 13.4. The summed E-state index contributed by atoms with van der Waals surface area (Å²) in [4.78, 5) is 17.6. The number of nitrogens with zero attached hydrogens (tertiary/aromatic N) is 3. The first kappa shape index (κ1) is 19.3. The van der Waals surface area contributed by atoms with E-state index < -0.39 is 6.04 Å². The van der Waals surface area contributed by atoms with Crippen molar-refractivity contribution in [3.05, 3.63) is 65.6 Å². The molecule has 0 bridgehead atoms. The Morgan fingerprint density at radius 2 is 1.93 bits per heavy atom. The molecule has 1 amide bonds. The summed E-state index contributed by atoms with van der Waals surface area (Å²) in [7, 11) is 3.09. The fourth-order valence-electron chi connectivity index (χ4n) is 3.44.